The van der Waals surface area contributed by atoms with E-state index in [-0.39, 0.29) is 23.0 Å². The Hall–Kier alpha value is -3.66. The number of anilines is 1. The molecule has 2 aromatic heterocycles. The zero-order valence-corrected chi connectivity index (χ0v) is 20.8. The van der Waals surface area contributed by atoms with Gasteiger partial charge in [-0.15, -0.1) is 11.3 Å². The molecule has 5 aromatic rings. The molecule has 0 saturated heterocycles. The van der Waals surface area contributed by atoms with Crippen LogP contribution in [-0.2, 0) is 23.0 Å². The van der Waals surface area contributed by atoms with E-state index >= 15 is 0 Å². The lowest BCUT2D eigenvalue weighted by molar-refractivity contribution is 0.579. The Balaban J connectivity index is 1.36. The molecule has 2 N–H and O–H groups in total. The van der Waals surface area contributed by atoms with Crippen LogP contribution in [0.5, 0.6) is 0 Å². The SMILES string of the molecule is O=S(=O)(NCCc1cc(-c2ccc3ncnc(NCc4ccccc4)c3c2)ccc1F)c1cccs1. The first kappa shape index (κ1) is 24.1. The van der Waals surface area contributed by atoms with Crippen molar-refractivity contribution in [3.63, 3.8) is 0 Å². The molecule has 182 valence electrons. The van der Waals surface area contributed by atoms with Gasteiger partial charge in [-0.25, -0.2) is 27.5 Å². The zero-order valence-electron chi connectivity index (χ0n) is 19.2. The molecule has 2 heterocycles. The normalized spacial score (nSPS) is 11.6. The van der Waals surface area contributed by atoms with Crippen molar-refractivity contribution < 1.29 is 12.8 Å². The van der Waals surface area contributed by atoms with Crippen LogP contribution in [0.25, 0.3) is 22.0 Å². The Morgan fingerprint density at radius 2 is 1.69 bits per heavy atom. The van der Waals surface area contributed by atoms with Gasteiger partial charge in [0.15, 0.2) is 0 Å². The number of fused-ring (bicyclic) bond motifs is 1. The van der Waals surface area contributed by atoms with Gasteiger partial charge in [0, 0.05) is 18.5 Å². The second-order valence-corrected chi connectivity index (χ2v) is 11.1. The Morgan fingerprint density at radius 3 is 2.50 bits per heavy atom. The van der Waals surface area contributed by atoms with Crippen LogP contribution in [0.1, 0.15) is 11.1 Å². The van der Waals surface area contributed by atoms with Gasteiger partial charge in [0.2, 0.25) is 10.0 Å². The summed E-state index contributed by atoms with van der Waals surface area (Å²) >= 11 is 1.14. The van der Waals surface area contributed by atoms with E-state index in [4.69, 9.17) is 0 Å². The molecule has 0 saturated carbocycles. The first-order valence-corrected chi connectivity index (χ1v) is 13.7. The van der Waals surface area contributed by atoms with Crippen molar-refractivity contribution in [1.29, 1.82) is 0 Å². The molecule has 0 unspecified atom stereocenters. The van der Waals surface area contributed by atoms with E-state index in [1.54, 1.807) is 29.6 Å². The molecule has 0 aliphatic rings. The summed E-state index contributed by atoms with van der Waals surface area (Å²) in [6.07, 6.45) is 1.76. The molecule has 0 bridgehead atoms. The maximum absolute atomic E-state index is 14.6. The molecule has 9 heteroatoms. The molecule has 6 nitrogen and oxygen atoms in total. The van der Waals surface area contributed by atoms with Crippen molar-refractivity contribution in [3.05, 3.63) is 108 Å². The van der Waals surface area contributed by atoms with Crippen LogP contribution in [0.2, 0.25) is 0 Å². The molecular formula is C27H23FN4O2S2. The van der Waals surface area contributed by atoms with Crippen LogP contribution in [0.3, 0.4) is 0 Å². The molecule has 0 aliphatic heterocycles. The lowest BCUT2D eigenvalue weighted by Crippen LogP contribution is -2.25. The number of hydrogen-bond donors (Lipinski definition) is 2. The number of rotatable bonds is 9. The first-order chi connectivity index (χ1) is 17.5. The summed E-state index contributed by atoms with van der Waals surface area (Å²) < 4.78 is 42.0. The average molecular weight is 519 g/mol. The van der Waals surface area contributed by atoms with Crippen molar-refractivity contribution in [1.82, 2.24) is 14.7 Å². The van der Waals surface area contributed by atoms with Crippen molar-refractivity contribution in [2.75, 3.05) is 11.9 Å². The van der Waals surface area contributed by atoms with Crippen molar-refractivity contribution in [2.45, 2.75) is 17.2 Å². The Morgan fingerprint density at radius 1 is 0.889 bits per heavy atom. The predicted molar refractivity (Wildman–Crippen MR) is 142 cm³/mol. The summed E-state index contributed by atoms with van der Waals surface area (Å²) in [7, 11) is -3.59. The molecule has 0 atom stereocenters. The second kappa shape index (κ2) is 10.5. The first-order valence-electron chi connectivity index (χ1n) is 11.3. The second-order valence-electron chi connectivity index (χ2n) is 8.18. The summed E-state index contributed by atoms with van der Waals surface area (Å²) in [6.45, 7) is 0.721. The van der Waals surface area contributed by atoms with E-state index in [1.807, 2.05) is 48.5 Å². The van der Waals surface area contributed by atoms with Crippen LogP contribution >= 0.6 is 11.3 Å². The Bertz CT molecular complexity index is 1590. The van der Waals surface area contributed by atoms with E-state index in [1.165, 1.54) is 12.4 Å². The molecule has 0 radical (unpaired) electrons. The quantitative estimate of drug-likeness (QED) is 0.264. The Kier molecular flexibility index (Phi) is 7.04. The van der Waals surface area contributed by atoms with E-state index in [9.17, 15) is 12.8 Å². The Labute approximate surface area is 212 Å². The third-order valence-electron chi connectivity index (χ3n) is 5.76. The molecule has 0 amide bonds. The van der Waals surface area contributed by atoms with E-state index in [0.717, 1.165) is 44.7 Å². The van der Waals surface area contributed by atoms with Gasteiger partial charge in [0.25, 0.3) is 0 Å². The number of sulfonamides is 1. The highest BCUT2D eigenvalue weighted by atomic mass is 32.2. The van der Waals surface area contributed by atoms with Gasteiger partial charge in [0.1, 0.15) is 22.2 Å². The topological polar surface area (TPSA) is 84.0 Å². The highest BCUT2D eigenvalue weighted by Gasteiger charge is 2.15. The third kappa shape index (κ3) is 5.43. The monoisotopic (exact) mass is 518 g/mol. The summed E-state index contributed by atoms with van der Waals surface area (Å²) in [4.78, 5) is 8.80. The van der Waals surface area contributed by atoms with Crippen molar-refractivity contribution in [2.24, 2.45) is 0 Å². The van der Waals surface area contributed by atoms with Crippen LogP contribution in [0.15, 0.2) is 94.8 Å². The van der Waals surface area contributed by atoms with Crippen LogP contribution in [-0.4, -0.2) is 24.9 Å². The number of hydrogen-bond acceptors (Lipinski definition) is 6. The summed E-state index contributed by atoms with van der Waals surface area (Å²) in [6, 6.07) is 24.0. The lowest BCUT2D eigenvalue weighted by Gasteiger charge is -2.11. The largest absolute Gasteiger partial charge is 0.365 e. The highest BCUT2D eigenvalue weighted by molar-refractivity contribution is 7.91. The number of nitrogens with one attached hydrogen (secondary N) is 2. The predicted octanol–water partition coefficient (Wildman–Crippen LogP) is 5.63. The number of thiophene rings is 1. The molecule has 0 aliphatic carbocycles. The van der Waals surface area contributed by atoms with Gasteiger partial charge in [-0.1, -0.05) is 48.5 Å². The third-order valence-corrected chi connectivity index (χ3v) is 8.62. The van der Waals surface area contributed by atoms with Crippen molar-refractivity contribution >= 4 is 38.1 Å². The lowest BCUT2D eigenvalue weighted by atomic mass is 10.00. The summed E-state index contributed by atoms with van der Waals surface area (Å²) in [5.74, 6) is 0.347. The van der Waals surface area contributed by atoms with Gasteiger partial charge in [-0.3, -0.25) is 0 Å². The number of nitrogens with zero attached hydrogens (tertiary/aromatic N) is 2. The minimum absolute atomic E-state index is 0.0969. The fraction of sp³-hybridized carbons (Fsp3) is 0.111. The fourth-order valence-electron chi connectivity index (χ4n) is 3.91. The number of halogens is 1. The van der Waals surface area contributed by atoms with Crippen molar-refractivity contribution in [3.8, 4) is 11.1 Å². The molecule has 3 aromatic carbocycles. The fourth-order valence-corrected chi connectivity index (χ4v) is 5.98. The minimum atomic E-state index is -3.59. The summed E-state index contributed by atoms with van der Waals surface area (Å²) in [5, 5.41) is 5.95. The van der Waals surface area contributed by atoms with Crippen LogP contribution in [0, 0.1) is 5.82 Å². The molecule has 36 heavy (non-hydrogen) atoms. The zero-order chi connectivity index (χ0) is 25.0. The van der Waals surface area contributed by atoms with Gasteiger partial charge in [-0.2, -0.15) is 0 Å². The number of aromatic nitrogens is 2. The number of benzene rings is 3. The molecule has 5 rings (SSSR count). The van der Waals surface area contributed by atoms with Crippen LogP contribution < -0.4 is 10.0 Å². The van der Waals surface area contributed by atoms with E-state index in [2.05, 4.69) is 20.0 Å². The maximum Gasteiger partial charge on any atom is 0.250 e. The standard InChI is InChI=1S/C27H23FN4O2S2/c28-24-10-8-20(15-22(24)12-13-32-36(33,34)26-7-4-14-35-26)21-9-11-25-23(16-21)27(31-18-30-25)29-17-19-5-2-1-3-6-19/h1-11,14-16,18,32H,12-13,17H2,(H,29,30,31). The van der Waals surface area contributed by atoms with Gasteiger partial charge >= 0.3 is 0 Å². The van der Waals surface area contributed by atoms with Crippen LogP contribution in [0.4, 0.5) is 10.2 Å². The maximum atomic E-state index is 14.6. The highest BCUT2D eigenvalue weighted by Crippen LogP contribution is 2.28. The van der Waals surface area contributed by atoms with Gasteiger partial charge in [-0.05, 0) is 64.4 Å². The smallest absolute Gasteiger partial charge is 0.250 e. The average Bonchev–Trinajstić information content (AvgIpc) is 3.45. The molecular weight excluding hydrogens is 495 g/mol. The van der Waals surface area contributed by atoms with E-state index < -0.39 is 10.0 Å². The molecule has 0 fully saturated rings. The molecule has 0 spiro atoms. The van der Waals surface area contributed by atoms with Gasteiger partial charge in [0.05, 0.1) is 5.52 Å². The van der Waals surface area contributed by atoms with E-state index in [0.29, 0.717) is 12.1 Å². The minimum Gasteiger partial charge on any atom is -0.365 e. The summed E-state index contributed by atoms with van der Waals surface area (Å²) in [5.41, 5.74) is 4.09. The van der Waals surface area contributed by atoms with Gasteiger partial charge < -0.3 is 5.32 Å².